The Bertz CT molecular complexity index is 1450. The van der Waals surface area contributed by atoms with Gasteiger partial charge in [-0.05, 0) is 50.5 Å². The number of carbonyl (C=O) groups is 1. The Kier molecular flexibility index (Phi) is 6.58. The van der Waals surface area contributed by atoms with Crippen LogP contribution in [0.4, 0.5) is 4.79 Å². The maximum atomic E-state index is 13.8. The van der Waals surface area contributed by atoms with E-state index in [1.165, 1.54) is 12.0 Å². The summed E-state index contributed by atoms with van der Waals surface area (Å²) in [6, 6.07) is 13.5. The summed E-state index contributed by atoms with van der Waals surface area (Å²) >= 11 is 0. The molecule has 34 heavy (non-hydrogen) atoms. The Labute approximate surface area is 196 Å². The summed E-state index contributed by atoms with van der Waals surface area (Å²) in [6.45, 7) is 4.15. The van der Waals surface area contributed by atoms with Crippen LogP contribution >= 0.6 is 0 Å². The van der Waals surface area contributed by atoms with Crippen molar-refractivity contribution in [3.63, 3.8) is 0 Å². The summed E-state index contributed by atoms with van der Waals surface area (Å²) in [5, 5.41) is 15.7. The van der Waals surface area contributed by atoms with Crippen molar-refractivity contribution in [1.82, 2.24) is 14.1 Å². The third-order valence-corrected chi connectivity index (χ3v) is 6.75. The van der Waals surface area contributed by atoms with E-state index in [4.69, 9.17) is 15.0 Å². The van der Waals surface area contributed by atoms with Crippen LogP contribution in [0.25, 0.3) is 21.8 Å². The molecular formula is C26H29N3O5. The van der Waals surface area contributed by atoms with Crippen LogP contribution in [0.1, 0.15) is 62.2 Å². The Hall–Kier alpha value is -3.81. The fraction of sp³-hybridized carbons (Fsp3) is 0.346. The van der Waals surface area contributed by atoms with Crippen LogP contribution in [0, 0.1) is 6.92 Å². The molecule has 8 heteroatoms. The van der Waals surface area contributed by atoms with Gasteiger partial charge in [-0.15, -0.1) is 0 Å². The first-order valence-electron chi connectivity index (χ1n) is 11.6. The number of nitrogens with one attached hydrogen (secondary N) is 1. The molecule has 0 bridgehead atoms. The second-order valence-electron chi connectivity index (χ2n) is 8.84. The number of rotatable bonds is 3. The van der Waals surface area contributed by atoms with E-state index in [1.54, 1.807) is 4.57 Å². The van der Waals surface area contributed by atoms with Crippen molar-refractivity contribution in [1.29, 1.82) is 0 Å². The molecule has 1 aliphatic rings. The normalized spacial score (nSPS) is 15.1. The number of carboxylic acid groups (broad SMARTS) is 2. The number of hydrogen-bond donors (Lipinski definition) is 3. The minimum atomic E-state index is -1.83. The van der Waals surface area contributed by atoms with Crippen LogP contribution in [0.3, 0.4) is 0 Å². The van der Waals surface area contributed by atoms with E-state index in [1.807, 2.05) is 41.1 Å². The zero-order valence-electron chi connectivity index (χ0n) is 19.3. The summed E-state index contributed by atoms with van der Waals surface area (Å²) < 4.78 is 3.36. The van der Waals surface area contributed by atoms with E-state index < -0.39 is 6.16 Å². The van der Waals surface area contributed by atoms with Crippen molar-refractivity contribution in [3.05, 3.63) is 80.6 Å². The van der Waals surface area contributed by atoms with E-state index in [0.717, 1.165) is 42.1 Å². The highest BCUT2D eigenvalue weighted by atomic mass is 16.6. The predicted molar refractivity (Wildman–Crippen MR) is 132 cm³/mol. The maximum absolute atomic E-state index is 13.8. The zero-order valence-corrected chi connectivity index (χ0v) is 19.3. The molecule has 2 heterocycles. The van der Waals surface area contributed by atoms with Crippen LogP contribution in [0.2, 0.25) is 0 Å². The van der Waals surface area contributed by atoms with Crippen LogP contribution in [-0.2, 0) is 0 Å². The number of aryl methyl sites for hydroxylation is 1. The average molecular weight is 464 g/mol. The lowest BCUT2D eigenvalue weighted by Crippen LogP contribution is -2.43. The highest BCUT2D eigenvalue weighted by Crippen LogP contribution is 2.31. The lowest BCUT2D eigenvalue weighted by molar-refractivity contribution is 0.137. The van der Waals surface area contributed by atoms with E-state index in [-0.39, 0.29) is 23.3 Å². The Morgan fingerprint density at radius 1 is 1.03 bits per heavy atom. The van der Waals surface area contributed by atoms with Crippen molar-refractivity contribution >= 4 is 28.0 Å². The van der Waals surface area contributed by atoms with Gasteiger partial charge in [0, 0.05) is 28.7 Å². The molecule has 1 fully saturated rings. The topological polar surface area (TPSA) is 117 Å². The average Bonchev–Trinajstić information content (AvgIpc) is 3.25. The number of benzene rings is 2. The Balaban J connectivity index is 0.000000636. The molecule has 0 radical (unpaired) electrons. The van der Waals surface area contributed by atoms with Gasteiger partial charge in [-0.25, -0.2) is 9.59 Å². The minimum absolute atomic E-state index is 0.00786. The van der Waals surface area contributed by atoms with Gasteiger partial charge in [0.15, 0.2) is 0 Å². The molecule has 2 aromatic carbocycles. The second kappa shape index (κ2) is 9.59. The van der Waals surface area contributed by atoms with Crippen LogP contribution in [-0.4, -0.2) is 30.5 Å². The van der Waals surface area contributed by atoms with Crippen molar-refractivity contribution in [2.45, 2.75) is 58.0 Å². The second-order valence-corrected chi connectivity index (χ2v) is 8.84. The molecule has 1 atom stereocenters. The SMILES string of the molecule is Cc1cccc2[nH]cc(C(C)n3c(=O)n(C4CCCCC4)c(=O)c4ccccc43)c12.O=C(O)O. The minimum Gasteiger partial charge on any atom is -0.450 e. The zero-order chi connectivity index (χ0) is 24.4. The van der Waals surface area contributed by atoms with Gasteiger partial charge in [0.05, 0.1) is 16.9 Å². The van der Waals surface area contributed by atoms with Gasteiger partial charge in [-0.3, -0.25) is 13.9 Å². The first-order chi connectivity index (χ1) is 16.3. The van der Waals surface area contributed by atoms with Crippen molar-refractivity contribution in [2.24, 2.45) is 0 Å². The number of aromatic amines is 1. The van der Waals surface area contributed by atoms with E-state index >= 15 is 0 Å². The van der Waals surface area contributed by atoms with E-state index in [0.29, 0.717) is 10.9 Å². The summed E-state index contributed by atoms with van der Waals surface area (Å²) in [7, 11) is 0. The quantitative estimate of drug-likeness (QED) is 0.382. The summed E-state index contributed by atoms with van der Waals surface area (Å²) in [5.41, 5.74) is 3.67. The number of aromatic nitrogens is 3. The molecule has 1 unspecified atom stereocenters. The molecule has 2 aromatic heterocycles. The lowest BCUT2D eigenvalue weighted by atomic mass is 9.95. The van der Waals surface area contributed by atoms with Gasteiger partial charge in [0.2, 0.25) is 0 Å². The number of nitrogens with zero attached hydrogens (tertiary/aromatic N) is 2. The lowest BCUT2D eigenvalue weighted by Gasteiger charge is -2.26. The maximum Gasteiger partial charge on any atom is 0.503 e. The Morgan fingerprint density at radius 3 is 2.41 bits per heavy atom. The third kappa shape index (κ3) is 4.23. The molecule has 0 saturated heterocycles. The van der Waals surface area contributed by atoms with Crippen molar-refractivity contribution < 1.29 is 15.0 Å². The molecule has 0 aliphatic heterocycles. The molecule has 8 nitrogen and oxygen atoms in total. The summed E-state index contributed by atoms with van der Waals surface area (Å²) in [6.07, 6.45) is 5.28. The van der Waals surface area contributed by atoms with Gasteiger partial charge < -0.3 is 15.2 Å². The fourth-order valence-corrected chi connectivity index (χ4v) is 5.20. The smallest absolute Gasteiger partial charge is 0.450 e. The summed E-state index contributed by atoms with van der Waals surface area (Å²) in [4.78, 5) is 39.0. The number of H-pyrrole nitrogens is 1. The predicted octanol–water partition coefficient (Wildman–Crippen LogP) is 5.29. The summed E-state index contributed by atoms with van der Waals surface area (Å²) in [5.74, 6) is 0. The Morgan fingerprint density at radius 2 is 1.71 bits per heavy atom. The van der Waals surface area contributed by atoms with Gasteiger partial charge in [0.25, 0.3) is 5.56 Å². The third-order valence-electron chi connectivity index (χ3n) is 6.75. The molecule has 4 aromatic rings. The van der Waals surface area contributed by atoms with Crippen molar-refractivity contribution in [2.75, 3.05) is 0 Å². The highest BCUT2D eigenvalue weighted by Gasteiger charge is 2.25. The highest BCUT2D eigenvalue weighted by molar-refractivity contribution is 5.87. The largest absolute Gasteiger partial charge is 0.503 e. The monoisotopic (exact) mass is 463 g/mol. The van der Waals surface area contributed by atoms with E-state index in [9.17, 15) is 9.59 Å². The molecular weight excluding hydrogens is 434 g/mol. The number of hydrogen-bond acceptors (Lipinski definition) is 3. The van der Waals surface area contributed by atoms with Gasteiger partial charge in [0.1, 0.15) is 0 Å². The van der Waals surface area contributed by atoms with Gasteiger partial charge in [-0.2, -0.15) is 0 Å². The van der Waals surface area contributed by atoms with Crippen LogP contribution in [0.5, 0.6) is 0 Å². The van der Waals surface area contributed by atoms with E-state index in [2.05, 4.69) is 31.0 Å². The van der Waals surface area contributed by atoms with Crippen LogP contribution in [0.15, 0.2) is 58.3 Å². The molecule has 178 valence electrons. The van der Waals surface area contributed by atoms with Crippen molar-refractivity contribution in [3.8, 4) is 0 Å². The molecule has 1 saturated carbocycles. The fourth-order valence-electron chi connectivity index (χ4n) is 5.20. The molecule has 1 aliphatic carbocycles. The van der Waals surface area contributed by atoms with Gasteiger partial charge >= 0.3 is 11.8 Å². The molecule has 3 N–H and O–H groups in total. The molecule has 5 rings (SSSR count). The standard InChI is InChI=1S/C25H27N3O2.CH2O3/c1-16-9-8-13-21-23(16)20(15-26-21)17(2)27-22-14-7-6-12-19(22)24(29)28(25(27)30)18-10-4-3-5-11-18;2-1(3)4/h6-9,12-15,17-18,26H,3-5,10-11H2,1-2H3;(H2,2,3,4). The first kappa shape index (κ1) is 23.4. The number of fused-ring (bicyclic) bond motifs is 2. The van der Waals surface area contributed by atoms with Gasteiger partial charge in [-0.1, -0.05) is 43.5 Å². The number of para-hydroxylation sites is 1. The first-order valence-corrected chi connectivity index (χ1v) is 11.6. The molecule has 0 amide bonds. The van der Waals surface area contributed by atoms with Crippen LogP contribution < -0.4 is 11.2 Å². The molecule has 0 spiro atoms.